The van der Waals surface area contributed by atoms with Gasteiger partial charge >= 0.3 is 0 Å². The summed E-state index contributed by atoms with van der Waals surface area (Å²) in [5.74, 6) is 1.41. The number of nitrogens with one attached hydrogen (secondary N) is 3. The normalized spacial score (nSPS) is 18.1. The molecule has 104 valence electrons. The number of fused-ring (bicyclic) bond motifs is 1. The van der Waals surface area contributed by atoms with E-state index in [4.69, 9.17) is 10.8 Å². The van der Waals surface area contributed by atoms with Crippen LogP contribution in [0.25, 0.3) is 5.57 Å². The first-order chi connectivity index (χ1) is 9.62. The quantitative estimate of drug-likeness (QED) is 0.574. The molecular weight excluding hydrogens is 272 g/mol. The van der Waals surface area contributed by atoms with Crippen LogP contribution >= 0.6 is 11.8 Å². The third-order valence-corrected chi connectivity index (χ3v) is 4.32. The van der Waals surface area contributed by atoms with Crippen LogP contribution in [-0.4, -0.2) is 28.6 Å². The molecule has 20 heavy (non-hydrogen) atoms. The number of hydrogen-bond donors (Lipinski definition) is 3. The van der Waals surface area contributed by atoms with Crippen molar-refractivity contribution in [2.45, 2.75) is 18.6 Å². The van der Waals surface area contributed by atoms with Gasteiger partial charge in [0.25, 0.3) is 0 Å². The fraction of sp³-hybridized carbons (Fsp3) is 0.385. The summed E-state index contributed by atoms with van der Waals surface area (Å²) in [6, 6.07) is 2.05. The lowest BCUT2D eigenvalue weighted by Gasteiger charge is -2.24. The largest absolute Gasteiger partial charge is 0.393 e. The van der Waals surface area contributed by atoms with E-state index in [1.54, 1.807) is 29.6 Å². The van der Waals surface area contributed by atoms with Crippen LogP contribution in [-0.2, 0) is 6.54 Å². The van der Waals surface area contributed by atoms with E-state index in [1.807, 2.05) is 6.07 Å². The monoisotopic (exact) mass is 288 g/mol. The molecule has 1 aromatic rings. The zero-order valence-corrected chi connectivity index (χ0v) is 12.2. The fourth-order valence-corrected chi connectivity index (χ4v) is 3.08. The Hall–Kier alpha value is -2.07. The van der Waals surface area contributed by atoms with E-state index >= 15 is 0 Å². The van der Waals surface area contributed by atoms with E-state index in [2.05, 4.69) is 17.2 Å². The second-order valence-corrected chi connectivity index (χ2v) is 5.63. The molecule has 1 aliphatic rings. The standard InChI is InChI=1S/C13H16N6S/c1-8-6-19-12(16)10(4-15)11(9(3-14)5-17-2)18-13(19)20-7-8/h3,5,8,14,16-17H,6-7H2,1-2H3/b9-5+,14-3?,16-12?. The van der Waals surface area contributed by atoms with E-state index in [-0.39, 0.29) is 11.1 Å². The predicted octanol–water partition coefficient (Wildman–Crippen LogP) is 1.19. The zero-order valence-electron chi connectivity index (χ0n) is 11.4. The Labute approximate surface area is 121 Å². The Morgan fingerprint density at radius 2 is 2.40 bits per heavy atom. The molecule has 2 heterocycles. The van der Waals surface area contributed by atoms with Crippen molar-refractivity contribution in [2.24, 2.45) is 5.92 Å². The van der Waals surface area contributed by atoms with E-state index < -0.39 is 0 Å². The number of rotatable bonds is 3. The molecule has 0 aromatic carbocycles. The minimum absolute atomic E-state index is 0.176. The van der Waals surface area contributed by atoms with Gasteiger partial charge in [0.1, 0.15) is 17.1 Å². The first-order valence-electron chi connectivity index (χ1n) is 6.23. The van der Waals surface area contributed by atoms with Crippen molar-refractivity contribution in [1.82, 2.24) is 14.9 Å². The van der Waals surface area contributed by atoms with Crippen molar-refractivity contribution in [3.8, 4) is 6.07 Å². The highest BCUT2D eigenvalue weighted by atomic mass is 32.2. The van der Waals surface area contributed by atoms with Gasteiger partial charge in [0.2, 0.25) is 0 Å². The molecule has 0 saturated carbocycles. The van der Waals surface area contributed by atoms with Crippen molar-refractivity contribution in [1.29, 1.82) is 16.1 Å². The summed E-state index contributed by atoms with van der Waals surface area (Å²) in [5.41, 5.74) is 1.29. The van der Waals surface area contributed by atoms with E-state index in [1.165, 1.54) is 0 Å². The average Bonchev–Trinajstić information content (AvgIpc) is 2.45. The first-order valence-corrected chi connectivity index (χ1v) is 7.21. The van der Waals surface area contributed by atoms with Crippen molar-refractivity contribution in [3.05, 3.63) is 22.9 Å². The maximum absolute atomic E-state index is 9.33. The molecule has 0 aliphatic carbocycles. The summed E-state index contributed by atoms with van der Waals surface area (Å²) < 4.78 is 1.78. The van der Waals surface area contributed by atoms with Crippen LogP contribution in [0.5, 0.6) is 0 Å². The minimum atomic E-state index is 0.176. The van der Waals surface area contributed by atoms with Crippen LogP contribution in [0, 0.1) is 28.1 Å². The van der Waals surface area contributed by atoms with Gasteiger partial charge in [-0.15, -0.1) is 0 Å². The molecule has 0 amide bonds. The summed E-state index contributed by atoms with van der Waals surface area (Å²) >= 11 is 1.59. The number of nitriles is 1. The third-order valence-electron chi connectivity index (χ3n) is 3.01. The van der Waals surface area contributed by atoms with Gasteiger partial charge in [0.05, 0.1) is 5.69 Å². The van der Waals surface area contributed by atoms with Crippen LogP contribution in [0.15, 0.2) is 11.4 Å². The highest BCUT2D eigenvalue weighted by Gasteiger charge is 2.21. The second kappa shape index (κ2) is 5.92. The van der Waals surface area contributed by atoms with Crippen LogP contribution in [0.4, 0.5) is 0 Å². The molecule has 1 aliphatic heterocycles. The van der Waals surface area contributed by atoms with E-state index in [0.717, 1.165) is 17.1 Å². The van der Waals surface area contributed by atoms with Crippen LogP contribution in [0.2, 0.25) is 0 Å². The number of hydrogen-bond acceptors (Lipinski definition) is 6. The maximum Gasteiger partial charge on any atom is 0.170 e. The summed E-state index contributed by atoms with van der Waals surface area (Å²) in [4.78, 5) is 4.49. The lowest BCUT2D eigenvalue weighted by atomic mass is 10.1. The third kappa shape index (κ3) is 2.47. The molecule has 0 radical (unpaired) electrons. The summed E-state index contributed by atoms with van der Waals surface area (Å²) in [6.45, 7) is 2.82. The number of aromatic nitrogens is 2. The SMILES string of the molecule is CN/C=C(\C=N)c1nc2n(c(=N)c1C#N)CC(C)CS2. The average molecular weight is 288 g/mol. The highest BCUT2D eigenvalue weighted by Crippen LogP contribution is 2.26. The summed E-state index contributed by atoms with van der Waals surface area (Å²) in [7, 11) is 1.72. The molecule has 0 bridgehead atoms. The van der Waals surface area contributed by atoms with Gasteiger partial charge in [-0.25, -0.2) is 4.98 Å². The van der Waals surface area contributed by atoms with Gasteiger partial charge in [0, 0.05) is 37.3 Å². The Balaban J connectivity index is 2.69. The second-order valence-electron chi connectivity index (χ2n) is 4.64. The van der Waals surface area contributed by atoms with Gasteiger partial charge in [-0.2, -0.15) is 5.26 Å². The van der Waals surface area contributed by atoms with Crippen LogP contribution in [0.3, 0.4) is 0 Å². The zero-order chi connectivity index (χ0) is 14.7. The fourth-order valence-electron chi connectivity index (χ4n) is 2.06. The van der Waals surface area contributed by atoms with Crippen molar-refractivity contribution in [2.75, 3.05) is 12.8 Å². The Morgan fingerprint density at radius 1 is 1.65 bits per heavy atom. The first kappa shape index (κ1) is 14.3. The maximum atomic E-state index is 9.33. The molecule has 1 atom stereocenters. The number of nitrogens with zero attached hydrogens (tertiary/aromatic N) is 3. The van der Waals surface area contributed by atoms with Crippen LogP contribution in [0.1, 0.15) is 18.2 Å². The Kier molecular flexibility index (Phi) is 4.25. The Morgan fingerprint density at radius 3 is 3.00 bits per heavy atom. The molecule has 0 saturated heterocycles. The molecule has 2 rings (SSSR count). The highest BCUT2D eigenvalue weighted by molar-refractivity contribution is 7.99. The lowest BCUT2D eigenvalue weighted by Crippen LogP contribution is -2.33. The van der Waals surface area contributed by atoms with Crippen molar-refractivity contribution >= 4 is 23.5 Å². The predicted molar refractivity (Wildman–Crippen MR) is 78.5 cm³/mol. The van der Waals surface area contributed by atoms with Crippen molar-refractivity contribution in [3.63, 3.8) is 0 Å². The van der Waals surface area contributed by atoms with Gasteiger partial charge in [-0.05, 0) is 5.92 Å². The minimum Gasteiger partial charge on any atom is -0.393 e. The lowest BCUT2D eigenvalue weighted by molar-refractivity contribution is 0.451. The molecule has 1 aromatic heterocycles. The smallest absolute Gasteiger partial charge is 0.170 e. The van der Waals surface area contributed by atoms with Gasteiger partial charge in [-0.1, -0.05) is 18.7 Å². The molecular formula is C13H16N6S. The summed E-state index contributed by atoms with van der Waals surface area (Å²) in [6.07, 6.45) is 2.76. The van der Waals surface area contributed by atoms with Gasteiger partial charge in [0.15, 0.2) is 5.16 Å². The van der Waals surface area contributed by atoms with Gasteiger partial charge < -0.3 is 15.3 Å². The molecule has 0 fully saturated rings. The van der Waals surface area contributed by atoms with E-state index in [9.17, 15) is 5.26 Å². The summed E-state index contributed by atoms with van der Waals surface area (Å²) in [5, 5.41) is 28.6. The molecule has 3 N–H and O–H groups in total. The number of thioether (sulfide) groups is 1. The van der Waals surface area contributed by atoms with Crippen LogP contribution < -0.4 is 10.8 Å². The van der Waals surface area contributed by atoms with Gasteiger partial charge in [-0.3, -0.25) is 5.41 Å². The molecule has 0 spiro atoms. The number of allylic oxidation sites excluding steroid dienone is 1. The molecule has 1 unspecified atom stereocenters. The molecule has 6 nitrogen and oxygen atoms in total. The Bertz CT molecular complexity index is 667. The van der Waals surface area contributed by atoms with E-state index in [0.29, 0.717) is 23.7 Å². The molecule has 7 heteroatoms. The topological polar surface area (TPSA) is 101 Å². The van der Waals surface area contributed by atoms with Crippen molar-refractivity contribution < 1.29 is 0 Å².